The molecule has 1 unspecified atom stereocenters. The van der Waals surface area contributed by atoms with Crippen molar-refractivity contribution in [2.75, 3.05) is 22.7 Å². The van der Waals surface area contributed by atoms with Crippen LogP contribution < -0.4 is 14.5 Å². The number of halogens is 2. The zero-order valence-corrected chi connectivity index (χ0v) is 19.8. The lowest BCUT2D eigenvalue weighted by molar-refractivity contribution is -0.124. The van der Waals surface area contributed by atoms with Crippen LogP contribution in [0.1, 0.15) is 31.9 Å². The Kier molecular flexibility index (Phi) is 4.46. The third-order valence-electron chi connectivity index (χ3n) is 6.10. The van der Waals surface area contributed by atoms with Crippen LogP contribution in [-0.4, -0.2) is 30.2 Å². The van der Waals surface area contributed by atoms with Gasteiger partial charge in [0.05, 0.1) is 34.1 Å². The third kappa shape index (κ3) is 2.65. The number of hydrogen-bond acceptors (Lipinski definition) is 4. The predicted molar refractivity (Wildman–Crippen MR) is 126 cm³/mol. The van der Waals surface area contributed by atoms with Gasteiger partial charge in [-0.1, -0.05) is 29.3 Å². The van der Waals surface area contributed by atoms with Crippen LogP contribution in [0.3, 0.4) is 0 Å². The quantitative estimate of drug-likeness (QED) is 0.578. The molecule has 8 heteroatoms. The molecule has 5 rings (SSSR count). The summed E-state index contributed by atoms with van der Waals surface area (Å²) in [6.45, 7) is 6.05. The monoisotopic (exact) mass is 474 g/mol. The number of ether oxygens (including phenoxy) is 1. The number of carbonyl (C=O) groups excluding carboxylic acids is 2. The Hall–Kier alpha value is -2.15. The maximum Gasteiger partial charge on any atom is 0.269 e. The first-order chi connectivity index (χ1) is 14.6. The minimum absolute atomic E-state index is 0.146. The summed E-state index contributed by atoms with van der Waals surface area (Å²) < 4.78 is 5.57. The van der Waals surface area contributed by atoms with Crippen molar-refractivity contribution in [3.05, 3.63) is 57.6 Å². The second-order valence-corrected chi connectivity index (χ2v) is 10.4. The Morgan fingerprint density at radius 3 is 2.48 bits per heavy atom. The molecule has 0 N–H and O–H groups in total. The first-order valence-corrected chi connectivity index (χ1v) is 11.5. The van der Waals surface area contributed by atoms with E-state index in [4.69, 9.17) is 27.9 Å². The molecule has 2 aromatic rings. The number of fused-ring (bicyclic) bond motifs is 1. The zero-order chi connectivity index (χ0) is 22.3. The van der Waals surface area contributed by atoms with Crippen LogP contribution in [0, 0.1) is 0 Å². The topological polar surface area (TPSA) is 49.9 Å². The maximum absolute atomic E-state index is 14.2. The van der Waals surface area contributed by atoms with Gasteiger partial charge in [-0.2, -0.15) is 0 Å². The normalized spacial score (nSPS) is 23.5. The van der Waals surface area contributed by atoms with E-state index in [0.29, 0.717) is 21.5 Å². The average molecular weight is 475 g/mol. The van der Waals surface area contributed by atoms with Crippen molar-refractivity contribution in [2.45, 2.75) is 31.2 Å². The summed E-state index contributed by atoms with van der Waals surface area (Å²) in [5.41, 5.74) is 3.59. The molecule has 2 amide bonds. The lowest BCUT2D eigenvalue weighted by Gasteiger charge is -2.40. The van der Waals surface area contributed by atoms with Gasteiger partial charge in [0.1, 0.15) is 5.75 Å². The van der Waals surface area contributed by atoms with Crippen molar-refractivity contribution in [3.63, 3.8) is 0 Å². The number of carbonyl (C=O) groups is 2. The summed E-state index contributed by atoms with van der Waals surface area (Å²) in [5.74, 6) is 0.520. The Bertz CT molecular complexity index is 1210. The van der Waals surface area contributed by atoms with E-state index in [0.717, 1.165) is 22.4 Å². The molecule has 3 aliphatic rings. The first-order valence-electron chi connectivity index (χ1n) is 9.81. The lowest BCUT2D eigenvalue weighted by Crippen LogP contribution is -2.54. The molecule has 2 aromatic carbocycles. The van der Waals surface area contributed by atoms with E-state index in [-0.39, 0.29) is 17.6 Å². The van der Waals surface area contributed by atoms with E-state index in [9.17, 15) is 9.59 Å². The van der Waals surface area contributed by atoms with E-state index in [1.54, 1.807) is 30.2 Å². The molecule has 1 spiro atoms. The Balaban J connectivity index is 1.83. The van der Waals surface area contributed by atoms with Gasteiger partial charge in [-0.05, 0) is 56.7 Å². The smallest absolute Gasteiger partial charge is 0.269 e. The van der Waals surface area contributed by atoms with E-state index in [1.807, 2.05) is 37.8 Å². The molecule has 0 saturated carbocycles. The molecule has 1 fully saturated rings. The molecule has 160 valence electrons. The van der Waals surface area contributed by atoms with Crippen LogP contribution in [0.15, 0.2) is 36.4 Å². The SMILES string of the molecule is COc1cc2c3c(c1)C1(SCC(=O)N1c1ccc(Cl)c(Cl)c1)C(=O)N3C(C)(C)C=C2C. The zero-order valence-electron chi connectivity index (χ0n) is 17.5. The number of benzene rings is 2. The van der Waals surface area contributed by atoms with Gasteiger partial charge >= 0.3 is 0 Å². The summed E-state index contributed by atoms with van der Waals surface area (Å²) in [6.07, 6.45) is 2.08. The highest BCUT2D eigenvalue weighted by Crippen LogP contribution is 2.61. The van der Waals surface area contributed by atoms with E-state index in [1.165, 1.54) is 11.8 Å². The van der Waals surface area contributed by atoms with Crippen molar-refractivity contribution < 1.29 is 14.3 Å². The van der Waals surface area contributed by atoms with Gasteiger partial charge in [-0.3, -0.25) is 19.4 Å². The van der Waals surface area contributed by atoms with Crippen LogP contribution in [0.2, 0.25) is 10.0 Å². The van der Waals surface area contributed by atoms with Crippen LogP contribution in [-0.2, 0) is 14.5 Å². The number of amides is 2. The minimum Gasteiger partial charge on any atom is -0.497 e. The summed E-state index contributed by atoms with van der Waals surface area (Å²) in [6, 6.07) is 8.84. The summed E-state index contributed by atoms with van der Waals surface area (Å²) in [4.78, 5) is 29.5. The third-order valence-corrected chi connectivity index (χ3v) is 8.23. The van der Waals surface area contributed by atoms with Crippen molar-refractivity contribution >= 4 is 63.7 Å². The highest BCUT2D eigenvalue weighted by Gasteiger charge is 2.64. The van der Waals surface area contributed by atoms with Gasteiger partial charge in [-0.25, -0.2) is 0 Å². The molecule has 0 radical (unpaired) electrons. The highest BCUT2D eigenvalue weighted by atomic mass is 35.5. The molecular weight excluding hydrogens is 455 g/mol. The van der Waals surface area contributed by atoms with Crippen molar-refractivity contribution in [3.8, 4) is 5.75 Å². The summed E-state index contributed by atoms with van der Waals surface area (Å²) in [5, 5.41) is 0.719. The number of methoxy groups -OCH3 is 1. The predicted octanol–water partition coefficient (Wildman–Crippen LogP) is 5.48. The van der Waals surface area contributed by atoms with E-state index >= 15 is 0 Å². The highest BCUT2D eigenvalue weighted by molar-refractivity contribution is 8.02. The number of allylic oxidation sites excluding steroid dienone is 1. The fourth-order valence-electron chi connectivity index (χ4n) is 4.89. The molecular formula is C23H20Cl2N2O3S. The van der Waals surface area contributed by atoms with Crippen molar-refractivity contribution in [1.29, 1.82) is 0 Å². The fourth-order valence-corrected chi connectivity index (χ4v) is 6.51. The first kappa shape index (κ1) is 20.7. The molecule has 3 aliphatic heterocycles. The Labute approximate surface area is 194 Å². The fraction of sp³-hybridized carbons (Fsp3) is 0.304. The van der Waals surface area contributed by atoms with Crippen molar-refractivity contribution in [2.24, 2.45) is 0 Å². The van der Waals surface area contributed by atoms with Gasteiger partial charge in [0.25, 0.3) is 5.91 Å². The van der Waals surface area contributed by atoms with Crippen LogP contribution >= 0.6 is 35.0 Å². The number of thioether (sulfide) groups is 1. The molecule has 0 aromatic heterocycles. The second kappa shape index (κ2) is 6.67. The summed E-state index contributed by atoms with van der Waals surface area (Å²) in [7, 11) is 1.60. The van der Waals surface area contributed by atoms with E-state index < -0.39 is 10.4 Å². The largest absolute Gasteiger partial charge is 0.497 e. The van der Waals surface area contributed by atoms with Crippen LogP contribution in [0.25, 0.3) is 5.57 Å². The Morgan fingerprint density at radius 2 is 1.81 bits per heavy atom. The molecule has 5 nitrogen and oxygen atoms in total. The number of anilines is 2. The lowest BCUT2D eigenvalue weighted by atomic mass is 9.89. The molecule has 3 heterocycles. The number of hydrogen-bond donors (Lipinski definition) is 0. The maximum atomic E-state index is 14.2. The number of nitrogens with zero attached hydrogens (tertiary/aromatic N) is 2. The second-order valence-electron chi connectivity index (χ2n) is 8.45. The molecule has 31 heavy (non-hydrogen) atoms. The minimum atomic E-state index is -1.23. The standard InChI is InChI=1S/C23H20Cl2N2O3S/c1-12-10-22(2,3)27-20-15(12)8-14(30-4)9-16(20)23(21(27)29)26(19(28)11-31-23)13-5-6-17(24)18(25)7-13/h5-10H,11H2,1-4H3. The average Bonchev–Trinajstić information content (AvgIpc) is 3.18. The number of rotatable bonds is 2. The van der Waals surface area contributed by atoms with Gasteiger partial charge in [0.2, 0.25) is 10.8 Å². The Morgan fingerprint density at radius 1 is 1.06 bits per heavy atom. The van der Waals surface area contributed by atoms with Gasteiger partial charge in [-0.15, -0.1) is 11.8 Å². The summed E-state index contributed by atoms with van der Waals surface area (Å²) >= 11 is 13.7. The molecule has 0 bridgehead atoms. The molecule has 1 saturated heterocycles. The molecule has 0 aliphatic carbocycles. The van der Waals surface area contributed by atoms with Crippen LogP contribution in [0.4, 0.5) is 11.4 Å². The van der Waals surface area contributed by atoms with Crippen molar-refractivity contribution in [1.82, 2.24) is 0 Å². The molecule has 1 atom stereocenters. The van der Waals surface area contributed by atoms with Gasteiger partial charge in [0.15, 0.2) is 0 Å². The van der Waals surface area contributed by atoms with Gasteiger partial charge < -0.3 is 4.74 Å². The van der Waals surface area contributed by atoms with Gasteiger partial charge in [0, 0.05) is 16.8 Å². The van der Waals surface area contributed by atoms with E-state index in [2.05, 4.69) is 6.08 Å². The van der Waals surface area contributed by atoms with Crippen LogP contribution in [0.5, 0.6) is 5.75 Å².